The standard InChI is InChI=1S/C24H21F3O3/c25-22-4-16-1-17(5-22)11-29-13-19-3-21(9-24(27)7-19)15-30-14-20-2-18(12-28-10-16)6-23(26)8-20/h1-9H,10-15H2. The minimum absolute atomic E-state index is 0.181. The van der Waals surface area contributed by atoms with Gasteiger partial charge in [0, 0.05) is 0 Å². The van der Waals surface area contributed by atoms with Crippen molar-refractivity contribution in [3.8, 4) is 0 Å². The van der Waals surface area contributed by atoms with Gasteiger partial charge in [0.05, 0.1) is 39.6 Å². The molecule has 6 bridgehead atoms. The number of rotatable bonds is 0. The van der Waals surface area contributed by atoms with Gasteiger partial charge in [0.15, 0.2) is 0 Å². The largest absolute Gasteiger partial charge is 0.372 e. The SMILES string of the molecule is Fc1cc2cc(c1)COCc1cc(F)cc(c1)COCc1cc(F)cc(c1)COC2. The molecule has 0 atom stereocenters. The van der Waals surface area contributed by atoms with E-state index in [1.54, 1.807) is 18.2 Å². The van der Waals surface area contributed by atoms with Crippen LogP contribution in [-0.4, -0.2) is 0 Å². The smallest absolute Gasteiger partial charge is 0.123 e. The van der Waals surface area contributed by atoms with Gasteiger partial charge in [-0.25, -0.2) is 13.2 Å². The van der Waals surface area contributed by atoms with Crippen LogP contribution in [0.1, 0.15) is 33.4 Å². The lowest BCUT2D eigenvalue weighted by atomic mass is 10.1. The summed E-state index contributed by atoms with van der Waals surface area (Å²) in [5.41, 5.74) is 3.93. The number of hydrogen-bond acceptors (Lipinski definition) is 3. The zero-order valence-electron chi connectivity index (χ0n) is 16.3. The Kier molecular flexibility index (Phi) is 6.47. The van der Waals surface area contributed by atoms with E-state index >= 15 is 0 Å². The highest BCUT2D eigenvalue weighted by Crippen LogP contribution is 2.18. The Hall–Kier alpha value is -2.67. The Morgan fingerprint density at radius 3 is 0.767 bits per heavy atom. The third-order valence-corrected chi connectivity index (χ3v) is 4.66. The van der Waals surface area contributed by atoms with E-state index in [1.165, 1.54) is 36.4 Å². The van der Waals surface area contributed by atoms with Crippen LogP contribution >= 0.6 is 0 Å². The Balaban J connectivity index is 1.61. The van der Waals surface area contributed by atoms with Gasteiger partial charge < -0.3 is 14.2 Å². The molecule has 4 rings (SSSR count). The molecule has 3 nitrogen and oxygen atoms in total. The molecule has 0 aliphatic carbocycles. The lowest BCUT2D eigenvalue weighted by molar-refractivity contribution is 0.0985. The molecule has 3 aromatic carbocycles. The fourth-order valence-electron chi connectivity index (χ4n) is 3.51. The van der Waals surface area contributed by atoms with Crippen molar-refractivity contribution in [1.29, 1.82) is 0 Å². The molecule has 1 heterocycles. The third-order valence-electron chi connectivity index (χ3n) is 4.66. The van der Waals surface area contributed by atoms with Crippen molar-refractivity contribution in [2.24, 2.45) is 0 Å². The molecule has 30 heavy (non-hydrogen) atoms. The first-order chi connectivity index (χ1) is 14.5. The van der Waals surface area contributed by atoms with Crippen molar-refractivity contribution in [1.82, 2.24) is 0 Å². The van der Waals surface area contributed by atoms with Crippen molar-refractivity contribution < 1.29 is 27.4 Å². The molecule has 0 aromatic heterocycles. The third kappa shape index (κ3) is 5.69. The van der Waals surface area contributed by atoms with Crippen LogP contribution in [0.25, 0.3) is 0 Å². The zero-order chi connectivity index (χ0) is 20.9. The fourth-order valence-corrected chi connectivity index (χ4v) is 3.51. The molecule has 156 valence electrons. The van der Waals surface area contributed by atoms with Gasteiger partial charge >= 0.3 is 0 Å². The van der Waals surface area contributed by atoms with Gasteiger partial charge in [-0.05, 0) is 69.8 Å². The first-order valence-electron chi connectivity index (χ1n) is 9.62. The topological polar surface area (TPSA) is 27.7 Å². The summed E-state index contributed by atoms with van der Waals surface area (Å²) >= 11 is 0. The highest BCUT2D eigenvalue weighted by Gasteiger charge is 2.08. The van der Waals surface area contributed by atoms with E-state index in [4.69, 9.17) is 14.2 Å². The van der Waals surface area contributed by atoms with E-state index < -0.39 is 0 Å². The van der Waals surface area contributed by atoms with Gasteiger partial charge in [-0.1, -0.05) is 18.2 Å². The van der Waals surface area contributed by atoms with Crippen LogP contribution in [0.2, 0.25) is 0 Å². The highest BCUT2D eigenvalue weighted by atomic mass is 19.1. The summed E-state index contributed by atoms with van der Waals surface area (Å²) in [5, 5.41) is 0. The molecule has 3 aromatic rings. The molecule has 0 spiro atoms. The van der Waals surface area contributed by atoms with Gasteiger partial charge in [0.25, 0.3) is 0 Å². The molecule has 0 radical (unpaired) electrons. The second-order valence-corrected chi connectivity index (χ2v) is 7.38. The highest BCUT2D eigenvalue weighted by molar-refractivity contribution is 5.26. The van der Waals surface area contributed by atoms with E-state index in [1.807, 2.05) is 0 Å². The van der Waals surface area contributed by atoms with E-state index in [9.17, 15) is 13.2 Å². The van der Waals surface area contributed by atoms with Gasteiger partial charge in [-0.3, -0.25) is 0 Å². The fraction of sp³-hybridized carbons (Fsp3) is 0.250. The molecule has 6 heteroatoms. The van der Waals surface area contributed by atoms with E-state index in [0.717, 1.165) is 0 Å². The molecule has 0 unspecified atom stereocenters. The van der Waals surface area contributed by atoms with Crippen molar-refractivity contribution >= 4 is 0 Å². The lowest BCUT2D eigenvalue weighted by Gasteiger charge is -2.12. The van der Waals surface area contributed by atoms with Gasteiger partial charge in [0.1, 0.15) is 17.5 Å². The molecule has 1 aliphatic heterocycles. The molecule has 1 aliphatic rings. The maximum Gasteiger partial charge on any atom is 0.123 e. The quantitative estimate of drug-likeness (QED) is 0.482. The summed E-state index contributed by atoms with van der Waals surface area (Å²) < 4.78 is 58.9. The predicted molar refractivity (Wildman–Crippen MR) is 105 cm³/mol. The number of halogens is 3. The van der Waals surface area contributed by atoms with E-state index in [0.29, 0.717) is 33.4 Å². The van der Waals surface area contributed by atoms with Gasteiger partial charge in [-0.15, -0.1) is 0 Å². The summed E-state index contributed by atoms with van der Waals surface area (Å²) in [6.07, 6.45) is 0. The summed E-state index contributed by atoms with van der Waals surface area (Å²) in [6, 6.07) is 13.8. The molecule has 0 fully saturated rings. The Morgan fingerprint density at radius 1 is 0.367 bits per heavy atom. The Morgan fingerprint density at radius 2 is 0.567 bits per heavy atom. The normalized spacial score (nSPS) is 15.3. The van der Waals surface area contributed by atoms with Crippen molar-refractivity contribution in [2.45, 2.75) is 39.6 Å². The van der Waals surface area contributed by atoms with Crippen molar-refractivity contribution in [2.75, 3.05) is 0 Å². The maximum absolute atomic E-state index is 14.0. The molecule has 0 saturated carbocycles. The second kappa shape index (κ2) is 9.43. The van der Waals surface area contributed by atoms with Crippen LogP contribution in [0.15, 0.2) is 54.6 Å². The van der Waals surface area contributed by atoms with Crippen LogP contribution < -0.4 is 0 Å². The molecule has 0 amide bonds. The van der Waals surface area contributed by atoms with Crippen molar-refractivity contribution in [3.63, 3.8) is 0 Å². The van der Waals surface area contributed by atoms with Crippen LogP contribution in [0.5, 0.6) is 0 Å². The lowest BCUT2D eigenvalue weighted by Crippen LogP contribution is -2.02. The Labute approximate surface area is 173 Å². The minimum atomic E-state index is -0.387. The minimum Gasteiger partial charge on any atom is -0.372 e. The van der Waals surface area contributed by atoms with Crippen LogP contribution in [0.4, 0.5) is 13.2 Å². The maximum atomic E-state index is 14.0. The average molecular weight is 414 g/mol. The van der Waals surface area contributed by atoms with Crippen LogP contribution in [0.3, 0.4) is 0 Å². The number of hydrogen-bond donors (Lipinski definition) is 0. The second-order valence-electron chi connectivity index (χ2n) is 7.38. The van der Waals surface area contributed by atoms with E-state index in [-0.39, 0.29) is 57.1 Å². The number of fused-ring (bicyclic) bond motifs is 6. The van der Waals surface area contributed by atoms with Gasteiger partial charge in [-0.2, -0.15) is 0 Å². The van der Waals surface area contributed by atoms with Gasteiger partial charge in [0.2, 0.25) is 0 Å². The summed E-state index contributed by atoms with van der Waals surface area (Å²) in [4.78, 5) is 0. The summed E-state index contributed by atoms with van der Waals surface area (Å²) in [5.74, 6) is -1.16. The molecular weight excluding hydrogens is 393 g/mol. The monoisotopic (exact) mass is 414 g/mol. The summed E-state index contributed by atoms with van der Waals surface area (Å²) in [6.45, 7) is 1.09. The number of ether oxygens (including phenoxy) is 3. The number of benzene rings is 3. The first-order valence-corrected chi connectivity index (χ1v) is 9.62. The molecule has 0 N–H and O–H groups in total. The summed E-state index contributed by atoms with van der Waals surface area (Å²) in [7, 11) is 0. The van der Waals surface area contributed by atoms with E-state index in [2.05, 4.69) is 0 Å². The first kappa shape index (κ1) is 20.6. The molecular formula is C24H21F3O3. The van der Waals surface area contributed by atoms with Crippen LogP contribution in [-0.2, 0) is 53.9 Å². The van der Waals surface area contributed by atoms with Crippen molar-refractivity contribution in [3.05, 3.63) is 105 Å². The Bertz CT molecular complexity index is 838. The predicted octanol–water partition coefficient (Wildman–Crippen LogP) is 5.57. The van der Waals surface area contributed by atoms with Crippen LogP contribution in [0, 0.1) is 17.5 Å². The average Bonchev–Trinajstić information content (AvgIpc) is 2.66. The molecule has 0 saturated heterocycles. The zero-order valence-corrected chi connectivity index (χ0v) is 16.3.